The maximum absolute atomic E-state index is 4.54. The van der Waals surface area contributed by atoms with E-state index in [4.69, 9.17) is 0 Å². The lowest BCUT2D eigenvalue weighted by atomic mass is 10.1. The number of benzene rings is 1. The summed E-state index contributed by atoms with van der Waals surface area (Å²) in [5.41, 5.74) is 4.77. The van der Waals surface area contributed by atoms with E-state index in [9.17, 15) is 0 Å². The zero-order valence-corrected chi connectivity index (χ0v) is 15.3. The van der Waals surface area contributed by atoms with Crippen LogP contribution in [0.15, 0.2) is 42.6 Å². The van der Waals surface area contributed by atoms with Gasteiger partial charge in [0.1, 0.15) is 5.82 Å². The summed E-state index contributed by atoms with van der Waals surface area (Å²) in [5, 5.41) is 6.64. The van der Waals surface area contributed by atoms with E-state index in [1.54, 1.807) is 0 Å². The topological polar surface area (TPSA) is 43.4 Å². The molecule has 2 aromatic rings. The van der Waals surface area contributed by atoms with Gasteiger partial charge in [-0.2, -0.15) is 0 Å². The largest absolute Gasteiger partial charge is 0.378 e. The number of anilines is 4. The molecule has 0 atom stereocenters. The zero-order valence-electron chi connectivity index (χ0n) is 15.3. The Morgan fingerprint density at radius 2 is 1.92 bits per heavy atom. The number of rotatable bonds is 7. The standard InChI is InChI=1S/C20H27N5/c1-21-12-5-13-22-20-18-6-4-15-25(19(18)11-14-23-20)17-9-7-16(8-10-17)24(2)3/h4,6-11,14,21H,5,12-13,15H2,1-3H3,(H,22,23). The molecule has 0 saturated heterocycles. The third kappa shape index (κ3) is 3.94. The van der Waals surface area contributed by atoms with Crippen LogP contribution < -0.4 is 20.4 Å². The molecule has 0 fully saturated rings. The second kappa shape index (κ2) is 8.03. The Morgan fingerprint density at radius 3 is 2.64 bits per heavy atom. The van der Waals surface area contributed by atoms with E-state index in [1.807, 2.05) is 13.2 Å². The average Bonchev–Trinajstić information content (AvgIpc) is 2.65. The maximum atomic E-state index is 4.54. The lowest BCUT2D eigenvalue weighted by Gasteiger charge is -2.29. The number of fused-ring (bicyclic) bond motifs is 1. The van der Waals surface area contributed by atoms with Crippen LogP contribution in [0.1, 0.15) is 12.0 Å². The minimum atomic E-state index is 0.873. The Balaban J connectivity index is 1.83. The van der Waals surface area contributed by atoms with Gasteiger partial charge in [-0.3, -0.25) is 0 Å². The van der Waals surface area contributed by atoms with Crippen LogP contribution in [0.25, 0.3) is 6.08 Å². The molecule has 0 spiro atoms. The fourth-order valence-electron chi connectivity index (χ4n) is 3.03. The first kappa shape index (κ1) is 17.3. The van der Waals surface area contributed by atoms with E-state index in [2.05, 4.69) is 82.0 Å². The highest BCUT2D eigenvalue weighted by atomic mass is 15.1. The molecule has 2 heterocycles. The van der Waals surface area contributed by atoms with Crippen LogP contribution in [0.5, 0.6) is 0 Å². The molecule has 1 aromatic carbocycles. The van der Waals surface area contributed by atoms with Crippen LogP contribution in [0, 0.1) is 0 Å². The third-order valence-corrected chi connectivity index (χ3v) is 4.40. The number of hydrogen-bond donors (Lipinski definition) is 2. The molecule has 0 unspecified atom stereocenters. The fraction of sp³-hybridized carbons (Fsp3) is 0.350. The van der Waals surface area contributed by atoms with Gasteiger partial charge in [0.15, 0.2) is 0 Å². The summed E-state index contributed by atoms with van der Waals surface area (Å²) in [6.45, 7) is 2.79. The predicted molar refractivity (Wildman–Crippen MR) is 108 cm³/mol. The van der Waals surface area contributed by atoms with Crippen molar-refractivity contribution in [2.75, 3.05) is 55.9 Å². The van der Waals surface area contributed by atoms with Crippen LogP contribution in [-0.4, -0.2) is 45.8 Å². The number of hydrogen-bond acceptors (Lipinski definition) is 5. The molecule has 1 aliphatic heterocycles. The third-order valence-electron chi connectivity index (χ3n) is 4.40. The molecule has 0 saturated carbocycles. The van der Waals surface area contributed by atoms with Gasteiger partial charge >= 0.3 is 0 Å². The molecule has 1 aliphatic rings. The van der Waals surface area contributed by atoms with E-state index < -0.39 is 0 Å². The monoisotopic (exact) mass is 337 g/mol. The SMILES string of the molecule is CNCCCNc1nccc2c1C=CCN2c1ccc(N(C)C)cc1. The Kier molecular flexibility index (Phi) is 5.56. The normalized spacial score (nSPS) is 12.8. The molecular formula is C20H27N5. The molecule has 0 amide bonds. The van der Waals surface area contributed by atoms with Crippen molar-refractivity contribution in [3.05, 3.63) is 48.2 Å². The van der Waals surface area contributed by atoms with Crippen molar-refractivity contribution in [1.29, 1.82) is 0 Å². The summed E-state index contributed by atoms with van der Waals surface area (Å²) in [6.07, 6.45) is 7.33. The molecule has 2 N–H and O–H groups in total. The van der Waals surface area contributed by atoms with Crippen LogP contribution >= 0.6 is 0 Å². The molecule has 0 radical (unpaired) electrons. The average molecular weight is 337 g/mol. The van der Waals surface area contributed by atoms with Crippen LogP contribution in [0.3, 0.4) is 0 Å². The summed E-state index contributed by atoms with van der Waals surface area (Å²) >= 11 is 0. The molecule has 5 nitrogen and oxygen atoms in total. The Hall–Kier alpha value is -2.53. The zero-order chi connectivity index (χ0) is 17.6. The fourth-order valence-corrected chi connectivity index (χ4v) is 3.03. The first-order chi connectivity index (χ1) is 12.2. The van der Waals surface area contributed by atoms with Crippen molar-refractivity contribution in [3.63, 3.8) is 0 Å². The van der Waals surface area contributed by atoms with Crippen LogP contribution in [0.2, 0.25) is 0 Å². The lowest BCUT2D eigenvalue weighted by molar-refractivity contribution is 0.747. The molecule has 5 heteroatoms. The summed E-state index contributed by atoms with van der Waals surface area (Å²) < 4.78 is 0. The summed E-state index contributed by atoms with van der Waals surface area (Å²) in [4.78, 5) is 8.98. The molecule has 132 valence electrons. The van der Waals surface area contributed by atoms with Crippen molar-refractivity contribution >= 4 is 29.0 Å². The molecule has 1 aromatic heterocycles. The smallest absolute Gasteiger partial charge is 0.135 e. The van der Waals surface area contributed by atoms with E-state index in [1.165, 1.54) is 17.1 Å². The Bertz CT molecular complexity index is 721. The van der Waals surface area contributed by atoms with Crippen molar-refractivity contribution < 1.29 is 0 Å². The van der Waals surface area contributed by atoms with E-state index in [0.29, 0.717) is 0 Å². The van der Waals surface area contributed by atoms with Gasteiger partial charge < -0.3 is 20.4 Å². The quantitative estimate of drug-likeness (QED) is 0.759. The minimum absolute atomic E-state index is 0.873. The summed E-state index contributed by atoms with van der Waals surface area (Å²) in [7, 11) is 6.10. The maximum Gasteiger partial charge on any atom is 0.135 e. The predicted octanol–water partition coefficient (Wildman–Crippen LogP) is 3.33. The van der Waals surface area contributed by atoms with Gasteiger partial charge in [-0.05, 0) is 50.3 Å². The molecule has 0 bridgehead atoms. The number of nitrogens with zero attached hydrogens (tertiary/aromatic N) is 3. The second-order valence-electron chi connectivity index (χ2n) is 6.40. The van der Waals surface area contributed by atoms with Gasteiger partial charge in [0.05, 0.1) is 5.69 Å². The van der Waals surface area contributed by atoms with Crippen molar-refractivity contribution in [3.8, 4) is 0 Å². The van der Waals surface area contributed by atoms with E-state index in [0.717, 1.165) is 37.4 Å². The highest BCUT2D eigenvalue weighted by Crippen LogP contribution is 2.35. The summed E-state index contributed by atoms with van der Waals surface area (Å²) in [6, 6.07) is 10.8. The van der Waals surface area contributed by atoms with Gasteiger partial charge in [0.25, 0.3) is 0 Å². The van der Waals surface area contributed by atoms with E-state index >= 15 is 0 Å². The van der Waals surface area contributed by atoms with Gasteiger partial charge in [-0.1, -0.05) is 12.2 Å². The number of nitrogens with one attached hydrogen (secondary N) is 2. The summed E-state index contributed by atoms with van der Waals surface area (Å²) in [5.74, 6) is 0.958. The van der Waals surface area contributed by atoms with Gasteiger partial charge in [-0.15, -0.1) is 0 Å². The second-order valence-corrected chi connectivity index (χ2v) is 6.40. The van der Waals surface area contributed by atoms with Gasteiger partial charge in [0.2, 0.25) is 0 Å². The molecule has 0 aliphatic carbocycles. The Morgan fingerprint density at radius 1 is 1.12 bits per heavy atom. The van der Waals surface area contributed by atoms with Crippen molar-refractivity contribution in [1.82, 2.24) is 10.3 Å². The molecular weight excluding hydrogens is 310 g/mol. The first-order valence-electron chi connectivity index (χ1n) is 8.79. The first-order valence-corrected chi connectivity index (χ1v) is 8.79. The number of aromatic nitrogens is 1. The lowest BCUT2D eigenvalue weighted by Crippen LogP contribution is -2.22. The highest BCUT2D eigenvalue weighted by molar-refractivity contribution is 5.83. The molecule has 25 heavy (non-hydrogen) atoms. The van der Waals surface area contributed by atoms with Crippen LogP contribution in [0.4, 0.5) is 22.9 Å². The van der Waals surface area contributed by atoms with Gasteiger partial charge in [-0.25, -0.2) is 4.98 Å². The highest BCUT2D eigenvalue weighted by Gasteiger charge is 2.18. The van der Waals surface area contributed by atoms with Crippen LogP contribution in [-0.2, 0) is 0 Å². The van der Waals surface area contributed by atoms with E-state index in [-0.39, 0.29) is 0 Å². The number of pyridine rings is 1. The molecule has 3 rings (SSSR count). The minimum Gasteiger partial charge on any atom is -0.378 e. The Labute approximate surface area is 150 Å². The van der Waals surface area contributed by atoms with Crippen molar-refractivity contribution in [2.45, 2.75) is 6.42 Å². The van der Waals surface area contributed by atoms with Gasteiger partial charge in [0, 0.05) is 50.3 Å². The van der Waals surface area contributed by atoms with Crippen molar-refractivity contribution in [2.24, 2.45) is 0 Å².